The zero-order valence-electron chi connectivity index (χ0n) is 12.4. The molecule has 1 amide bonds. The molecule has 0 saturated carbocycles. The van der Waals surface area contributed by atoms with E-state index in [1.165, 1.54) is 0 Å². The molecule has 112 valence electrons. The van der Waals surface area contributed by atoms with Crippen molar-refractivity contribution in [3.05, 3.63) is 11.2 Å². The number of carbonyl (C=O) groups excluding carboxylic acids is 1. The fourth-order valence-electron chi connectivity index (χ4n) is 1.77. The van der Waals surface area contributed by atoms with Gasteiger partial charge in [0.05, 0.1) is 12.1 Å². The number of carbonyl (C=O) groups is 1. The Kier molecular flexibility index (Phi) is 6.51. The van der Waals surface area contributed by atoms with Crippen LogP contribution in [0.5, 0.6) is 0 Å². The highest BCUT2D eigenvalue weighted by Crippen LogP contribution is 2.23. The third-order valence-electron chi connectivity index (χ3n) is 2.86. The highest BCUT2D eigenvalue weighted by atomic mass is 35.5. The Balaban J connectivity index is 2.80. The zero-order valence-corrected chi connectivity index (χ0v) is 13.2. The molecule has 1 rings (SSSR count). The molecule has 1 heterocycles. The van der Waals surface area contributed by atoms with Crippen LogP contribution in [0.15, 0.2) is 6.20 Å². The van der Waals surface area contributed by atoms with Gasteiger partial charge < -0.3 is 15.5 Å². The molecule has 1 unspecified atom stereocenters. The zero-order chi connectivity index (χ0) is 15.1. The molecule has 0 aliphatic rings. The van der Waals surface area contributed by atoms with Crippen LogP contribution in [0.1, 0.15) is 20.3 Å². The predicted octanol–water partition coefficient (Wildman–Crippen LogP) is 1.77. The van der Waals surface area contributed by atoms with Crippen molar-refractivity contribution in [2.75, 3.05) is 37.4 Å². The molecular formula is C13H22ClN5O. The maximum absolute atomic E-state index is 11.6. The predicted molar refractivity (Wildman–Crippen MR) is 82.3 cm³/mol. The lowest BCUT2D eigenvalue weighted by Crippen LogP contribution is -2.34. The number of hydrogen-bond donors (Lipinski definition) is 2. The molecule has 1 aromatic rings. The van der Waals surface area contributed by atoms with Crippen molar-refractivity contribution in [1.29, 1.82) is 0 Å². The van der Waals surface area contributed by atoms with Crippen molar-refractivity contribution < 1.29 is 4.79 Å². The molecule has 0 saturated heterocycles. The van der Waals surface area contributed by atoms with Gasteiger partial charge in [-0.15, -0.1) is 0 Å². The summed E-state index contributed by atoms with van der Waals surface area (Å²) < 4.78 is 0. The molecule has 0 spiro atoms. The monoisotopic (exact) mass is 299 g/mol. The first-order valence-electron chi connectivity index (χ1n) is 6.68. The summed E-state index contributed by atoms with van der Waals surface area (Å²) in [5, 5.41) is 6.22. The minimum atomic E-state index is -0.150. The van der Waals surface area contributed by atoms with Gasteiger partial charge in [0.1, 0.15) is 5.02 Å². The smallest absolute Gasteiger partial charge is 0.224 e. The Morgan fingerprint density at radius 1 is 1.55 bits per heavy atom. The lowest BCUT2D eigenvalue weighted by atomic mass is 10.1. The number of nitrogens with zero attached hydrogens (tertiary/aromatic N) is 3. The number of amides is 1. The van der Waals surface area contributed by atoms with Gasteiger partial charge in [-0.1, -0.05) is 25.4 Å². The molecule has 0 aromatic carbocycles. The first-order valence-corrected chi connectivity index (χ1v) is 7.06. The van der Waals surface area contributed by atoms with Crippen LogP contribution in [0.2, 0.25) is 5.02 Å². The number of anilines is 2. The molecule has 0 aliphatic carbocycles. The molecule has 20 heavy (non-hydrogen) atoms. The number of aromatic nitrogens is 2. The molecule has 7 heteroatoms. The van der Waals surface area contributed by atoms with Crippen LogP contribution in [0, 0.1) is 5.92 Å². The minimum absolute atomic E-state index is 0.00800. The normalized spacial score (nSPS) is 11.8. The number of halogens is 1. The van der Waals surface area contributed by atoms with E-state index in [4.69, 9.17) is 11.6 Å². The first-order chi connectivity index (χ1) is 9.49. The van der Waals surface area contributed by atoms with E-state index in [9.17, 15) is 4.79 Å². The fourth-order valence-corrected chi connectivity index (χ4v) is 2.01. The van der Waals surface area contributed by atoms with Crippen molar-refractivity contribution in [2.45, 2.75) is 20.3 Å². The van der Waals surface area contributed by atoms with Gasteiger partial charge in [-0.3, -0.25) is 4.79 Å². The molecule has 0 fully saturated rings. The molecule has 0 aliphatic heterocycles. The van der Waals surface area contributed by atoms with Gasteiger partial charge in [0.25, 0.3) is 0 Å². The molecular weight excluding hydrogens is 278 g/mol. The van der Waals surface area contributed by atoms with Crippen LogP contribution in [-0.2, 0) is 4.79 Å². The van der Waals surface area contributed by atoms with E-state index in [-0.39, 0.29) is 11.8 Å². The molecule has 2 N–H and O–H groups in total. The van der Waals surface area contributed by atoms with Crippen LogP contribution in [0.4, 0.5) is 11.8 Å². The van der Waals surface area contributed by atoms with Crippen molar-refractivity contribution >= 4 is 29.3 Å². The van der Waals surface area contributed by atoms with E-state index in [1.807, 2.05) is 18.9 Å². The van der Waals surface area contributed by atoms with Gasteiger partial charge in [-0.25, -0.2) is 4.98 Å². The molecule has 1 atom stereocenters. The Bertz CT molecular complexity index is 454. The minimum Gasteiger partial charge on any atom is -0.359 e. The second kappa shape index (κ2) is 7.89. The lowest BCUT2D eigenvalue weighted by molar-refractivity contribution is -0.123. The maximum Gasteiger partial charge on any atom is 0.224 e. The summed E-state index contributed by atoms with van der Waals surface area (Å²) in [5.41, 5.74) is 0. The van der Waals surface area contributed by atoms with Gasteiger partial charge >= 0.3 is 0 Å². The van der Waals surface area contributed by atoms with E-state index in [0.717, 1.165) is 13.0 Å². The highest BCUT2D eigenvalue weighted by Gasteiger charge is 2.17. The lowest BCUT2D eigenvalue weighted by Gasteiger charge is -2.22. The summed E-state index contributed by atoms with van der Waals surface area (Å²) in [5.74, 6) is 1.01. The third kappa shape index (κ3) is 4.52. The van der Waals surface area contributed by atoms with E-state index >= 15 is 0 Å². The number of nitrogens with one attached hydrogen (secondary N) is 2. The summed E-state index contributed by atoms with van der Waals surface area (Å²) in [4.78, 5) is 21.9. The standard InChI is InChI=1S/C13H22ClN5O/c1-5-6-16-13-17-7-10(14)11(18-13)19(4)8-9(2)12(20)15-3/h7,9H,5-6,8H2,1-4H3,(H,15,20)(H,16,17,18). The van der Waals surface area contributed by atoms with E-state index in [1.54, 1.807) is 13.2 Å². The van der Waals surface area contributed by atoms with Crippen molar-refractivity contribution in [3.8, 4) is 0 Å². The first kappa shape index (κ1) is 16.5. The highest BCUT2D eigenvalue weighted by molar-refractivity contribution is 6.32. The molecule has 0 radical (unpaired) electrons. The van der Waals surface area contributed by atoms with Crippen LogP contribution >= 0.6 is 11.6 Å². The maximum atomic E-state index is 11.6. The van der Waals surface area contributed by atoms with Crippen LogP contribution in [-0.4, -0.2) is 43.1 Å². The topological polar surface area (TPSA) is 70.2 Å². The van der Waals surface area contributed by atoms with E-state index < -0.39 is 0 Å². The summed E-state index contributed by atoms with van der Waals surface area (Å²) in [6.45, 7) is 5.27. The van der Waals surface area contributed by atoms with Crippen molar-refractivity contribution in [3.63, 3.8) is 0 Å². The summed E-state index contributed by atoms with van der Waals surface area (Å²) in [6, 6.07) is 0. The van der Waals surface area contributed by atoms with Crippen LogP contribution in [0.25, 0.3) is 0 Å². The quantitative estimate of drug-likeness (QED) is 0.803. The van der Waals surface area contributed by atoms with Gasteiger partial charge in [0.15, 0.2) is 5.82 Å². The Labute approximate surface area is 124 Å². The van der Waals surface area contributed by atoms with Gasteiger partial charge in [-0.2, -0.15) is 4.98 Å². The number of rotatable bonds is 7. The second-order valence-electron chi connectivity index (χ2n) is 4.69. The third-order valence-corrected chi connectivity index (χ3v) is 3.13. The SMILES string of the molecule is CCCNc1ncc(Cl)c(N(C)CC(C)C(=O)NC)n1. The Morgan fingerprint density at radius 2 is 2.25 bits per heavy atom. The Morgan fingerprint density at radius 3 is 2.85 bits per heavy atom. The second-order valence-corrected chi connectivity index (χ2v) is 5.09. The average molecular weight is 300 g/mol. The summed E-state index contributed by atoms with van der Waals surface area (Å²) in [6.07, 6.45) is 2.56. The van der Waals surface area contributed by atoms with Crippen molar-refractivity contribution in [2.24, 2.45) is 5.92 Å². The van der Waals surface area contributed by atoms with E-state index in [2.05, 4.69) is 27.5 Å². The molecule has 6 nitrogen and oxygen atoms in total. The summed E-state index contributed by atoms with van der Waals surface area (Å²) in [7, 11) is 3.49. The average Bonchev–Trinajstić information content (AvgIpc) is 2.45. The van der Waals surface area contributed by atoms with Crippen LogP contribution in [0.3, 0.4) is 0 Å². The Hall–Kier alpha value is -1.56. The van der Waals surface area contributed by atoms with Gasteiger partial charge in [0.2, 0.25) is 11.9 Å². The molecule has 1 aromatic heterocycles. The van der Waals surface area contributed by atoms with Gasteiger partial charge in [-0.05, 0) is 6.42 Å². The number of hydrogen-bond acceptors (Lipinski definition) is 5. The van der Waals surface area contributed by atoms with Gasteiger partial charge in [0, 0.05) is 27.2 Å². The molecule has 0 bridgehead atoms. The fraction of sp³-hybridized carbons (Fsp3) is 0.615. The van der Waals surface area contributed by atoms with Crippen molar-refractivity contribution in [1.82, 2.24) is 15.3 Å². The van der Waals surface area contributed by atoms with Crippen LogP contribution < -0.4 is 15.5 Å². The largest absolute Gasteiger partial charge is 0.359 e. The van der Waals surface area contributed by atoms with E-state index in [0.29, 0.717) is 23.3 Å². The summed E-state index contributed by atoms with van der Waals surface area (Å²) >= 11 is 6.13.